The van der Waals surface area contributed by atoms with Gasteiger partial charge in [-0.15, -0.1) is 11.3 Å². The van der Waals surface area contributed by atoms with Crippen LogP contribution < -0.4 is 14.8 Å². The molecule has 0 radical (unpaired) electrons. The third-order valence-corrected chi connectivity index (χ3v) is 4.27. The summed E-state index contributed by atoms with van der Waals surface area (Å²) in [5.41, 5.74) is 1.50. The fourth-order valence-electron chi connectivity index (χ4n) is 2.30. The fourth-order valence-corrected chi connectivity index (χ4v) is 2.91. The summed E-state index contributed by atoms with van der Waals surface area (Å²) in [5.74, 6) is 1.88. The molecule has 25 heavy (non-hydrogen) atoms. The predicted octanol–water partition coefficient (Wildman–Crippen LogP) is 4.43. The highest BCUT2D eigenvalue weighted by Gasteiger charge is 2.08. The molecule has 3 rings (SSSR count). The predicted molar refractivity (Wildman–Crippen MR) is 98.7 cm³/mol. The van der Waals surface area contributed by atoms with Crippen LogP contribution in [0.15, 0.2) is 53.9 Å². The number of benzene rings is 2. The summed E-state index contributed by atoms with van der Waals surface area (Å²) in [6.07, 6.45) is 0.268. The summed E-state index contributed by atoms with van der Waals surface area (Å²) < 4.78 is 11.1. The van der Waals surface area contributed by atoms with E-state index < -0.39 is 0 Å². The first kappa shape index (κ1) is 17.0. The fraction of sp³-hybridized carbons (Fsp3) is 0.158. The third kappa shape index (κ3) is 4.58. The van der Waals surface area contributed by atoms with Crippen molar-refractivity contribution in [2.75, 3.05) is 12.4 Å². The Kier molecular flexibility index (Phi) is 5.30. The molecular weight excluding hydrogens is 336 g/mol. The molecular formula is C19H18N2O3S. The lowest BCUT2D eigenvalue weighted by Gasteiger charge is -2.10. The van der Waals surface area contributed by atoms with Crippen molar-refractivity contribution in [1.82, 2.24) is 4.98 Å². The van der Waals surface area contributed by atoms with Crippen LogP contribution in [0.1, 0.15) is 10.7 Å². The van der Waals surface area contributed by atoms with Gasteiger partial charge in [0.15, 0.2) is 11.5 Å². The quantitative estimate of drug-likeness (QED) is 0.711. The van der Waals surface area contributed by atoms with Gasteiger partial charge in [0.05, 0.1) is 24.2 Å². The average Bonchev–Trinajstić information content (AvgIpc) is 3.02. The molecule has 0 aliphatic rings. The number of ether oxygens (including phenoxy) is 2. The van der Waals surface area contributed by atoms with Gasteiger partial charge < -0.3 is 14.8 Å². The lowest BCUT2D eigenvalue weighted by atomic mass is 10.2. The third-order valence-electron chi connectivity index (χ3n) is 3.44. The smallest absolute Gasteiger partial charge is 0.230 e. The second-order valence-electron chi connectivity index (χ2n) is 5.36. The molecule has 0 aliphatic heterocycles. The normalized spacial score (nSPS) is 10.3. The Labute approximate surface area is 150 Å². The first-order valence-corrected chi connectivity index (χ1v) is 8.64. The van der Waals surface area contributed by atoms with Crippen LogP contribution in [-0.2, 0) is 11.2 Å². The Balaban J connectivity index is 1.61. The van der Waals surface area contributed by atoms with E-state index in [9.17, 15) is 4.79 Å². The van der Waals surface area contributed by atoms with E-state index in [1.54, 1.807) is 42.7 Å². The number of hydrogen-bond donors (Lipinski definition) is 1. The van der Waals surface area contributed by atoms with Crippen molar-refractivity contribution < 1.29 is 14.3 Å². The molecule has 6 heteroatoms. The standard InChI is InChI=1S/C19H18N2O3S/c1-13-20-15(12-25-13)11-19(22)21-14-7-9-16(10-8-14)24-18-6-4-3-5-17(18)23-2/h3-10,12H,11H2,1-2H3,(H,21,22). The SMILES string of the molecule is COc1ccccc1Oc1ccc(NC(=O)Cc2csc(C)n2)cc1. The Hall–Kier alpha value is -2.86. The number of aryl methyl sites for hydroxylation is 1. The van der Waals surface area contributed by atoms with Gasteiger partial charge in [-0.1, -0.05) is 12.1 Å². The van der Waals surface area contributed by atoms with Crippen LogP contribution in [0.25, 0.3) is 0 Å². The summed E-state index contributed by atoms with van der Waals surface area (Å²) in [4.78, 5) is 16.4. The Morgan fingerprint density at radius 3 is 2.48 bits per heavy atom. The summed E-state index contributed by atoms with van der Waals surface area (Å²) in [5, 5.41) is 5.72. The Bertz CT molecular complexity index is 859. The number of aromatic nitrogens is 1. The van der Waals surface area contributed by atoms with Crippen molar-refractivity contribution in [3.8, 4) is 17.2 Å². The number of carbonyl (C=O) groups is 1. The van der Waals surface area contributed by atoms with Crippen molar-refractivity contribution in [3.05, 3.63) is 64.6 Å². The summed E-state index contributed by atoms with van der Waals surface area (Å²) in [6.45, 7) is 1.92. The zero-order chi connectivity index (χ0) is 17.6. The van der Waals surface area contributed by atoms with Gasteiger partial charge in [0.1, 0.15) is 5.75 Å². The van der Waals surface area contributed by atoms with Gasteiger partial charge in [-0.2, -0.15) is 0 Å². The van der Waals surface area contributed by atoms with E-state index in [0.29, 0.717) is 22.9 Å². The minimum atomic E-state index is -0.0938. The maximum Gasteiger partial charge on any atom is 0.230 e. The highest BCUT2D eigenvalue weighted by Crippen LogP contribution is 2.31. The average molecular weight is 354 g/mol. The molecule has 0 atom stereocenters. The van der Waals surface area contributed by atoms with Crippen LogP contribution in [0.3, 0.4) is 0 Å². The molecule has 1 aromatic heterocycles. The van der Waals surface area contributed by atoms with Gasteiger partial charge in [-0.05, 0) is 43.3 Å². The molecule has 0 saturated carbocycles. The molecule has 0 spiro atoms. The first-order chi connectivity index (χ1) is 12.1. The number of hydrogen-bond acceptors (Lipinski definition) is 5. The number of methoxy groups -OCH3 is 1. The zero-order valence-corrected chi connectivity index (χ0v) is 14.8. The molecule has 1 N–H and O–H groups in total. The molecule has 0 aliphatic carbocycles. The molecule has 0 bridgehead atoms. The van der Waals surface area contributed by atoms with Crippen LogP contribution in [0.4, 0.5) is 5.69 Å². The summed E-state index contributed by atoms with van der Waals surface area (Å²) >= 11 is 1.54. The number of carbonyl (C=O) groups excluding carboxylic acids is 1. The minimum Gasteiger partial charge on any atom is -0.493 e. The molecule has 1 amide bonds. The molecule has 2 aromatic carbocycles. The zero-order valence-electron chi connectivity index (χ0n) is 14.0. The van der Waals surface area contributed by atoms with Crippen LogP contribution in [0.5, 0.6) is 17.2 Å². The van der Waals surface area contributed by atoms with Crippen molar-refractivity contribution >= 4 is 22.9 Å². The highest BCUT2D eigenvalue weighted by atomic mass is 32.1. The molecule has 0 saturated heterocycles. The Morgan fingerprint density at radius 2 is 1.84 bits per heavy atom. The van der Waals surface area contributed by atoms with Gasteiger partial charge >= 0.3 is 0 Å². The van der Waals surface area contributed by atoms with Crippen LogP contribution in [0, 0.1) is 6.92 Å². The van der Waals surface area contributed by atoms with Gasteiger partial charge in [-0.25, -0.2) is 4.98 Å². The second-order valence-corrected chi connectivity index (χ2v) is 6.42. The number of anilines is 1. The lowest BCUT2D eigenvalue weighted by molar-refractivity contribution is -0.115. The van der Waals surface area contributed by atoms with E-state index in [1.807, 2.05) is 36.6 Å². The van der Waals surface area contributed by atoms with Crippen LogP contribution in [-0.4, -0.2) is 18.0 Å². The largest absolute Gasteiger partial charge is 0.493 e. The van der Waals surface area contributed by atoms with E-state index in [0.717, 1.165) is 10.7 Å². The van der Waals surface area contributed by atoms with Crippen molar-refractivity contribution in [3.63, 3.8) is 0 Å². The molecule has 0 fully saturated rings. The maximum atomic E-state index is 12.1. The first-order valence-electron chi connectivity index (χ1n) is 7.76. The molecule has 128 valence electrons. The second kappa shape index (κ2) is 7.81. The van der Waals surface area contributed by atoms with Crippen molar-refractivity contribution in [2.45, 2.75) is 13.3 Å². The summed E-state index contributed by atoms with van der Waals surface area (Å²) in [7, 11) is 1.60. The van der Waals surface area contributed by atoms with Gasteiger partial charge in [0, 0.05) is 11.1 Å². The topological polar surface area (TPSA) is 60.5 Å². The van der Waals surface area contributed by atoms with Crippen molar-refractivity contribution in [2.24, 2.45) is 0 Å². The number of amides is 1. The van der Waals surface area contributed by atoms with Crippen LogP contribution >= 0.6 is 11.3 Å². The van der Waals surface area contributed by atoms with E-state index in [1.165, 1.54) is 0 Å². The molecule has 3 aromatic rings. The number of thiazole rings is 1. The monoisotopic (exact) mass is 354 g/mol. The molecule has 0 unspecified atom stereocenters. The summed E-state index contributed by atoms with van der Waals surface area (Å²) in [6, 6.07) is 14.6. The van der Waals surface area contributed by atoms with E-state index in [-0.39, 0.29) is 12.3 Å². The number of nitrogens with zero attached hydrogens (tertiary/aromatic N) is 1. The minimum absolute atomic E-state index is 0.0938. The number of nitrogens with one attached hydrogen (secondary N) is 1. The van der Waals surface area contributed by atoms with Crippen molar-refractivity contribution in [1.29, 1.82) is 0 Å². The molecule has 5 nitrogen and oxygen atoms in total. The van der Waals surface area contributed by atoms with E-state index >= 15 is 0 Å². The van der Waals surface area contributed by atoms with Crippen LogP contribution in [0.2, 0.25) is 0 Å². The van der Waals surface area contributed by atoms with E-state index in [4.69, 9.17) is 9.47 Å². The maximum absolute atomic E-state index is 12.1. The number of rotatable bonds is 6. The lowest BCUT2D eigenvalue weighted by Crippen LogP contribution is -2.14. The van der Waals surface area contributed by atoms with Gasteiger partial charge in [-0.3, -0.25) is 4.79 Å². The van der Waals surface area contributed by atoms with E-state index in [2.05, 4.69) is 10.3 Å². The Morgan fingerprint density at radius 1 is 1.12 bits per heavy atom. The highest BCUT2D eigenvalue weighted by molar-refractivity contribution is 7.09. The number of para-hydroxylation sites is 2. The van der Waals surface area contributed by atoms with Gasteiger partial charge in [0.2, 0.25) is 5.91 Å². The molecule has 1 heterocycles. The van der Waals surface area contributed by atoms with Gasteiger partial charge in [0.25, 0.3) is 0 Å².